The smallest absolute Gasteiger partial charge is 0.332 e. The Morgan fingerprint density at radius 1 is 1.30 bits per heavy atom. The minimum Gasteiger partial charge on any atom is -0.479 e. The first-order valence-corrected chi connectivity index (χ1v) is 8.04. The highest BCUT2D eigenvalue weighted by atomic mass is 32.2. The van der Waals surface area contributed by atoms with E-state index in [1.54, 1.807) is 13.8 Å². The maximum atomic E-state index is 11.8. The Bertz CT molecular complexity index is 487. The van der Waals surface area contributed by atoms with Crippen LogP contribution in [0.2, 0.25) is 0 Å². The lowest BCUT2D eigenvalue weighted by molar-refractivity contribution is -0.151. The van der Waals surface area contributed by atoms with Crippen molar-refractivity contribution in [3.05, 3.63) is 0 Å². The lowest BCUT2D eigenvalue weighted by Gasteiger charge is -2.26. The number of hydrogen-bond donors (Lipinski definition) is 3. The summed E-state index contributed by atoms with van der Waals surface area (Å²) >= 11 is 0. The van der Waals surface area contributed by atoms with Crippen molar-refractivity contribution in [3.8, 4) is 0 Å². The standard InChI is InChI=1S/C11H20N2O6S/c1-11(2,13-20(3,17)18)6-12-9(14)7-4-5-8(19-7)10(15)16/h7-8,13H,4-6H2,1-3H3,(H,12,14)(H,15,16)/t7-,8+/m0/s1. The largest absolute Gasteiger partial charge is 0.479 e. The number of carbonyl (C=O) groups is 2. The molecule has 116 valence electrons. The van der Waals surface area contributed by atoms with Crippen LogP contribution in [0.25, 0.3) is 0 Å². The minimum absolute atomic E-state index is 0.0799. The Hall–Kier alpha value is -1.19. The summed E-state index contributed by atoms with van der Waals surface area (Å²) in [5.41, 5.74) is -0.839. The molecule has 0 aliphatic carbocycles. The monoisotopic (exact) mass is 308 g/mol. The number of aliphatic carboxylic acids is 1. The van der Waals surface area contributed by atoms with Gasteiger partial charge in [0.2, 0.25) is 15.9 Å². The lowest BCUT2D eigenvalue weighted by Crippen LogP contribution is -2.52. The van der Waals surface area contributed by atoms with Crippen molar-refractivity contribution in [1.29, 1.82) is 0 Å². The molecule has 1 heterocycles. The number of nitrogens with one attached hydrogen (secondary N) is 2. The van der Waals surface area contributed by atoms with Crippen LogP contribution >= 0.6 is 0 Å². The Labute approximate surface area is 117 Å². The number of amides is 1. The molecule has 2 atom stereocenters. The summed E-state index contributed by atoms with van der Waals surface area (Å²) < 4.78 is 29.8. The molecule has 1 amide bonds. The summed E-state index contributed by atoms with van der Waals surface area (Å²) in [6.45, 7) is 3.34. The Balaban J connectivity index is 2.46. The number of sulfonamides is 1. The van der Waals surface area contributed by atoms with Crippen LogP contribution < -0.4 is 10.0 Å². The summed E-state index contributed by atoms with van der Waals surface area (Å²) in [6, 6.07) is 0. The van der Waals surface area contributed by atoms with Gasteiger partial charge in [0.25, 0.3) is 0 Å². The van der Waals surface area contributed by atoms with Gasteiger partial charge in [0, 0.05) is 12.1 Å². The Morgan fingerprint density at radius 2 is 1.85 bits per heavy atom. The first kappa shape index (κ1) is 16.9. The maximum absolute atomic E-state index is 11.8. The zero-order valence-corrected chi connectivity index (χ0v) is 12.5. The van der Waals surface area contributed by atoms with Gasteiger partial charge in [-0.1, -0.05) is 0 Å². The van der Waals surface area contributed by atoms with E-state index in [0.29, 0.717) is 12.8 Å². The van der Waals surface area contributed by atoms with Crippen LogP contribution in [-0.4, -0.2) is 55.9 Å². The van der Waals surface area contributed by atoms with E-state index in [9.17, 15) is 18.0 Å². The maximum Gasteiger partial charge on any atom is 0.332 e. The fraction of sp³-hybridized carbons (Fsp3) is 0.818. The number of rotatable bonds is 6. The SMILES string of the molecule is CC(C)(CNC(=O)[C@@H]1CC[C@H](C(=O)O)O1)NS(C)(=O)=O. The first-order chi connectivity index (χ1) is 9.00. The molecule has 0 aromatic rings. The van der Waals surface area contributed by atoms with Gasteiger partial charge < -0.3 is 15.2 Å². The Kier molecular flexibility index (Phi) is 5.11. The zero-order valence-electron chi connectivity index (χ0n) is 11.7. The molecule has 1 fully saturated rings. The predicted octanol–water partition coefficient (Wildman–Crippen LogP) is -0.937. The molecule has 0 saturated carbocycles. The molecule has 20 heavy (non-hydrogen) atoms. The highest BCUT2D eigenvalue weighted by Gasteiger charge is 2.35. The molecule has 0 unspecified atom stereocenters. The third-order valence-electron chi connectivity index (χ3n) is 2.75. The number of carbonyl (C=O) groups excluding carboxylic acids is 1. The van der Waals surface area contributed by atoms with Gasteiger partial charge >= 0.3 is 5.97 Å². The molecular formula is C11H20N2O6S. The molecule has 0 aromatic heterocycles. The zero-order chi connectivity index (χ0) is 15.6. The highest BCUT2D eigenvalue weighted by molar-refractivity contribution is 7.88. The van der Waals surface area contributed by atoms with Crippen molar-refractivity contribution in [2.75, 3.05) is 12.8 Å². The first-order valence-electron chi connectivity index (χ1n) is 6.15. The lowest BCUT2D eigenvalue weighted by atomic mass is 10.1. The number of hydrogen-bond acceptors (Lipinski definition) is 5. The van der Waals surface area contributed by atoms with Crippen LogP contribution in [-0.2, 0) is 24.3 Å². The van der Waals surface area contributed by atoms with Crippen molar-refractivity contribution in [2.45, 2.75) is 44.4 Å². The molecule has 9 heteroatoms. The molecule has 0 radical (unpaired) electrons. The van der Waals surface area contributed by atoms with Gasteiger partial charge in [0.1, 0.15) is 6.10 Å². The highest BCUT2D eigenvalue weighted by Crippen LogP contribution is 2.20. The van der Waals surface area contributed by atoms with Crippen LogP contribution in [0.3, 0.4) is 0 Å². The summed E-state index contributed by atoms with van der Waals surface area (Å²) in [4.78, 5) is 22.5. The molecule has 1 aliphatic heterocycles. The van der Waals surface area contributed by atoms with Crippen molar-refractivity contribution >= 4 is 21.9 Å². The number of carboxylic acids is 1. The fourth-order valence-electron chi connectivity index (χ4n) is 1.97. The van der Waals surface area contributed by atoms with Gasteiger partial charge in [-0.05, 0) is 26.7 Å². The molecule has 0 spiro atoms. The third kappa shape index (κ3) is 5.43. The minimum atomic E-state index is -3.38. The van der Waals surface area contributed by atoms with E-state index >= 15 is 0 Å². The molecule has 1 rings (SSSR count). The molecular weight excluding hydrogens is 288 g/mol. The summed E-state index contributed by atoms with van der Waals surface area (Å²) in [5, 5.41) is 11.3. The van der Waals surface area contributed by atoms with E-state index in [2.05, 4.69) is 10.0 Å². The van der Waals surface area contributed by atoms with E-state index < -0.39 is 39.6 Å². The molecule has 1 aliphatic rings. The number of ether oxygens (including phenoxy) is 1. The van der Waals surface area contributed by atoms with Crippen molar-refractivity contribution in [2.24, 2.45) is 0 Å². The van der Waals surface area contributed by atoms with Gasteiger partial charge in [-0.3, -0.25) is 4.79 Å². The average Bonchev–Trinajstić information content (AvgIpc) is 2.71. The van der Waals surface area contributed by atoms with Gasteiger partial charge in [0.15, 0.2) is 6.10 Å². The van der Waals surface area contributed by atoms with Crippen LogP contribution in [0, 0.1) is 0 Å². The number of carboxylic acid groups (broad SMARTS) is 1. The molecule has 3 N–H and O–H groups in total. The topological polar surface area (TPSA) is 122 Å². The summed E-state index contributed by atoms with van der Waals surface area (Å²) in [5.74, 6) is -1.52. The predicted molar refractivity (Wildman–Crippen MR) is 70.6 cm³/mol. The fourth-order valence-corrected chi connectivity index (χ4v) is 3.05. The second kappa shape index (κ2) is 6.06. The van der Waals surface area contributed by atoms with Crippen LogP contribution in [0.15, 0.2) is 0 Å². The van der Waals surface area contributed by atoms with Crippen LogP contribution in [0.4, 0.5) is 0 Å². The van der Waals surface area contributed by atoms with Gasteiger partial charge in [-0.2, -0.15) is 0 Å². The molecule has 1 saturated heterocycles. The summed E-state index contributed by atoms with van der Waals surface area (Å²) in [6.07, 6.45) is -0.0899. The van der Waals surface area contributed by atoms with Gasteiger partial charge in [-0.15, -0.1) is 0 Å². The second-order valence-corrected chi connectivity index (χ2v) is 7.25. The Morgan fingerprint density at radius 3 is 2.30 bits per heavy atom. The molecule has 0 aromatic carbocycles. The van der Waals surface area contributed by atoms with E-state index in [0.717, 1.165) is 6.26 Å². The van der Waals surface area contributed by atoms with Crippen LogP contribution in [0.1, 0.15) is 26.7 Å². The normalized spacial score (nSPS) is 23.6. The van der Waals surface area contributed by atoms with E-state index in [-0.39, 0.29) is 6.54 Å². The van der Waals surface area contributed by atoms with E-state index in [4.69, 9.17) is 9.84 Å². The van der Waals surface area contributed by atoms with E-state index in [1.807, 2.05) is 0 Å². The van der Waals surface area contributed by atoms with Crippen LogP contribution in [0.5, 0.6) is 0 Å². The van der Waals surface area contributed by atoms with Crippen molar-refractivity contribution in [3.63, 3.8) is 0 Å². The summed E-state index contributed by atoms with van der Waals surface area (Å²) in [7, 11) is -3.38. The van der Waals surface area contributed by atoms with Gasteiger partial charge in [-0.25, -0.2) is 17.9 Å². The molecule has 8 nitrogen and oxygen atoms in total. The second-order valence-electron chi connectivity index (χ2n) is 5.50. The molecule has 0 bridgehead atoms. The van der Waals surface area contributed by atoms with Crippen molar-refractivity contribution in [1.82, 2.24) is 10.0 Å². The quantitative estimate of drug-likeness (QED) is 0.582. The van der Waals surface area contributed by atoms with Crippen molar-refractivity contribution < 1.29 is 27.9 Å². The van der Waals surface area contributed by atoms with Gasteiger partial charge in [0.05, 0.1) is 6.26 Å². The average molecular weight is 308 g/mol. The third-order valence-corrected chi connectivity index (χ3v) is 3.68. The van der Waals surface area contributed by atoms with E-state index in [1.165, 1.54) is 0 Å².